The molecule has 0 saturated carbocycles. The molecule has 1 N–H and O–H groups in total. The molecule has 4 aromatic rings. The van der Waals surface area contributed by atoms with Crippen LogP contribution in [0.15, 0.2) is 65.7 Å². The van der Waals surface area contributed by atoms with E-state index in [0.717, 1.165) is 17.5 Å². The molecule has 1 saturated heterocycles. The number of piperidine rings is 1. The molecule has 1 aliphatic rings. The molecule has 0 unspecified atom stereocenters. The molecule has 2 aromatic heterocycles. The smallest absolute Gasteiger partial charge is 0.309 e. The van der Waals surface area contributed by atoms with E-state index < -0.39 is 10.0 Å². The number of ether oxygens (including phenoxy) is 1. The fourth-order valence-corrected chi connectivity index (χ4v) is 6.27. The number of hydrogen-bond acceptors (Lipinski definition) is 8. The fourth-order valence-electron chi connectivity index (χ4n) is 4.75. The first kappa shape index (κ1) is 26.8. The van der Waals surface area contributed by atoms with E-state index in [4.69, 9.17) is 14.7 Å². The Bertz CT molecular complexity index is 1560. The number of anilines is 2. The highest BCUT2D eigenvalue weighted by atomic mass is 32.2. The number of fused-ring (bicyclic) bond motifs is 1. The highest BCUT2D eigenvalue weighted by Gasteiger charge is 2.33. The van der Waals surface area contributed by atoms with Crippen LogP contribution in [0.1, 0.15) is 33.1 Å². The summed E-state index contributed by atoms with van der Waals surface area (Å²) in [6.07, 6.45) is 3.51. The third-order valence-corrected chi connectivity index (χ3v) is 8.67. The molecular formula is C28H32N6O4S. The molecule has 39 heavy (non-hydrogen) atoms. The Hall–Kier alpha value is -3.83. The number of aromatic nitrogens is 4. The normalized spacial score (nSPS) is 14.9. The van der Waals surface area contributed by atoms with E-state index in [1.807, 2.05) is 35.0 Å². The van der Waals surface area contributed by atoms with Crippen molar-refractivity contribution < 1.29 is 17.9 Å². The second-order valence-corrected chi connectivity index (χ2v) is 11.4. The summed E-state index contributed by atoms with van der Waals surface area (Å²) < 4.78 is 35.5. The Morgan fingerprint density at radius 3 is 2.54 bits per heavy atom. The molecule has 0 aliphatic carbocycles. The number of sulfonamides is 1. The monoisotopic (exact) mass is 548 g/mol. The van der Waals surface area contributed by atoms with Gasteiger partial charge in [-0.15, -0.1) is 0 Å². The lowest BCUT2D eigenvalue weighted by Gasteiger charge is -2.30. The maximum absolute atomic E-state index is 13.5. The van der Waals surface area contributed by atoms with E-state index in [2.05, 4.69) is 17.3 Å². The molecule has 0 radical (unpaired) electrons. The van der Waals surface area contributed by atoms with Crippen molar-refractivity contribution in [2.24, 2.45) is 5.92 Å². The summed E-state index contributed by atoms with van der Waals surface area (Å²) in [5.74, 6) is 0.465. The van der Waals surface area contributed by atoms with Crippen LogP contribution in [0.2, 0.25) is 0 Å². The van der Waals surface area contributed by atoms with Gasteiger partial charge >= 0.3 is 5.97 Å². The van der Waals surface area contributed by atoms with Crippen LogP contribution in [-0.2, 0) is 26.1 Å². The molecular weight excluding hydrogens is 516 g/mol. The Morgan fingerprint density at radius 2 is 1.82 bits per heavy atom. The predicted molar refractivity (Wildman–Crippen MR) is 149 cm³/mol. The third-order valence-electron chi connectivity index (χ3n) is 6.77. The number of esters is 1. The summed E-state index contributed by atoms with van der Waals surface area (Å²) in [7, 11) is -3.77. The van der Waals surface area contributed by atoms with Crippen LogP contribution in [0.5, 0.6) is 0 Å². The molecule has 3 heterocycles. The number of aryl methyl sites for hydroxylation is 1. The van der Waals surface area contributed by atoms with Gasteiger partial charge in [0.15, 0.2) is 11.5 Å². The number of nitrogens with one attached hydrogen (secondary N) is 1. The van der Waals surface area contributed by atoms with Crippen LogP contribution in [0, 0.1) is 5.92 Å². The number of hydrogen-bond donors (Lipinski definition) is 1. The van der Waals surface area contributed by atoms with Crippen molar-refractivity contribution in [3.63, 3.8) is 0 Å². The van der Waals surface area contributed by atoms with Crippen molar-refractivity contribution in [2.75, 3.05) is 25.0 Å². The van der Waals surface area contributed by atoms with Gasteiger partial charge in [-0.3, -0.25) is 4.79 Å². The fraction of sp³-hybridized carbons (Fsp3) is 0.357. The first-order chi connectivity index (χ1) is 18.9. The van der Waals surface area contributed by atoms with E-state index in [9.17, 15) is 13.2 Å². The summed E-state index contributed by atoms with van der Waals surface area (Å²) in [6, 6.07) is 16.4. The van der Waals surface area contributed by atoms with E-state index in [-0.39, 0.29) is 29.9 Å². The number of rotatable bonds is 9. The molecule has 1 aliphatic heterocycles. The lowest BCUT2D eigenvalue weighted by Crippen LogP contribution is -2.40. The molecule has 2 aromatic carbocycles. The Kier molecular flexibility index (Phi) is 7.89. The zero-order valence-electron chi connectivity index (χ0n) is 22.1. The van der Waals surface area contributed by atoms with Crippen molar-refractivity contribution in [2.45, 2.75) is 44.6 Å². The zero-order chi connectivity index (χ0) is 27.4. The van der Waals surface area contributed by atoms with Gasteiger partial charge in [-0.1, -0.05) is 37.3 Å². The maximum Gasteiger partial charge on any atom is 0.309 e. The molecule has 0 amide bonds. The van der Waals surface area contributed by atoms with Crippen LogP contribution in [0.25, 0.3) is 22.4 Å². The Balaban J connectivity index is 1.47. The van der Waals surface area contributed by atoms with E-state index >= 15 is 0 Å². The van der Waals surface area contributed by atoms with Crippen LogP contribution < -0.4 is 5.32 Å². The number of carbonyl (C=O) groups excluding carboxylic acids is 1. The van der Waals surface area contributed by atoms with Gasteiger partial charge in [-0.2, -0.15) is 9.40 Å². The standard InChI is InChI=1S/C28H32N6O4S/c1-3-15-34-27-24(19-29-34)26(30-22-10-6-5-7-11-22)31-25(32-27)21-9-8-12-23(18-21)39(36,37)33-16-13-20(14-17-33)28(35)38-4-2/h5-12,18-20H,3-4,13-17H2,1-2H3,(H,30,31,32). The first-order valence-electron chi connectivity index (χ1n) is 13.2. The second kappa shape index (κ2) is 11.5. The van der Waals surface area contributed by atoms with E-state index in [0.29, 0.717) is 48.8 Å². The van der Waals surface area contributed by atoms with Crippen LogP contribution in [0.4, 0.5) is 11.5 Å². The summed E-state index contributed by atoms with van der Waals surface area (Å²) in [5, 5.41) is 8.65. The van der Waals surface area contributed by atoms with Gasteiger partial charge in [-0.25, -0.2) is 23.1 Å². The topological polar surface area (TPSA) is 119 Å². The quantitative estimate of drug-likeness (QED) is 0.301. The summed E-state index contributed by atoms with van der Waals surface area (Å²) >= 11 is 0. The molecule has 10 nitrogen and oxygen atoms in total. The maximum atomic E-state index is 13.5. The molecule has 1 fully saturated rings. The predicted octanol–water partition coefficient (Wildman–Crippen LogP) is 4.61. The molecule has 11 heteroatoms. The van der Waals surface area contributed by atoms with Gasteiger partial charge in [0.1, 0.15) is 5.82 Å². The third kappa shape index (κ3) is 5.64. The summed E-state index contributed by atoms with van der Waals surface area (Å²) in [4.78, 5) is 21.8. The summed E-state index contributed by atoms with van der Waals surface area (Å²) in [6.45, 7) is 5.38. The minimum Gasteiger partial charge on any atom is -0.466 e. The van der Waals surface area contributed by atoms with Gasteiger partial charge in [0.05, 0.1) is 29.0 Å². The highest BCUT2D eigenvalue weighted by molar-refractivity contribution is 7.89. The lowest BCUT2D eigenvalue weighted by molar-refractivity contribution is -0.149. The average Bonchev–Trinajstić information content (AvgIpc) is 3.37. The molecule has 204 valence electrons. The molecule has 0 spiro atoms. The zero-order valence-corrected chi connectivity index (χ0v) is 22.9. The van der Waals surface area contributed by atoms with Crippen LogP contribution in [-0.4, -0.2) is 58.1 Å². The molecule has 0 bridgehead atoms. The summed E-state index contributed by atoms with van der Waals surface area (Å²) in [5.41, 5.74) is 2.13. The Morgan fingerprint density at radius 1 is 1.05 bits per heavy atom. The highest BCUT2D eigenvalue weighted by Crippen LogP contribution is 2.30. The van der Waals surface area contributed by atoms with Gasteiger partial charge in [0.25, 0.3) is 0 Å². The van der Waals surface area contributed by atoms with Crippen molar-refractivity contribution in [1.82, 2.24) is 24.1 Å². The number of nitrogens with zero attached hydrogens (tertiary/aromatic N) is 5. The second-order valence-electron chi connectivity index (χ2n) is 9.45. The van der Waals surface area contributed by atoms with Crippen LogP contribution in [0.3, 0.4) is 0 Å². The van der Waals surface area contributed by atoms with Gasteiger partial charge in [0, 0.05) is 30.9 Å². The average molecular weight is 549 g/mol. The number of benzene rings is 2. The SMILES string of the molecule is CCCn1ncc2c(Nc3ccccc3)nc(-c3cccc(S(=O)(=O)N4CCC(C(=O)OCC)CC4)c3)nc21. The van der Waals surface area contributed by atoms with Gasteiger partial charge in [0.2, 0.25) is 10.0 Å². The minimum atomic E-state index is -3.77. The van der Waals surface area contributed by atoms with E-state index in [1.54, 1.807) is 37.4 Å². The van der Waals surface area contributed by atoms with E-state index in [1.165, 1.54) is 4.31 Å². The van der Waals surface area contributed by atoms with Crippen molar-refractivity contribution in [3.05, 3.63) is 60.8 Å². The minimum absolute atomic E-state index is 0.165. The lowest BCUT2D eigenvalue weighted by atomic mass is 9.98. The number of carbonyl (C=O) groups is 1. The molecule has 5 rings (SSSR count). The number of para-hydroxylation sites is 1. The van der Waals surface area contributed by atoms with Crippen molar-refractivity contribution in [1.29, 1.82) is 0 Å². The van der Waals surface area contributed by atoms with Crippen molar-refractivity contribution in [3.8, 4) is 11.4 Å². The largest absolute Gasteiger partial charge is 0.466 e. The van der Waals surface area contributed by atoms with Crippen molar-refractivity contribution >= 4 is 38.5 Å². The first-order valence-corrected chi connectivity index (χ1v) is 14.7. The van der Waals surface area contributed by atoms with Gasteiger partial charge in [-0.05, 0) is 50.5 Å². The van der Waals surface area contributed by atoms with Gasteiger partial charge < -0.3 is 10.1 Å². The molecule has 0 atom stereocenters. The Labute approximate surface area is 228 Å². The van der Waals surface area contributed by atoms with Crippen LogP contribution >= 0.6 is 0 Å².